The second-order valence-electron chi connectivity index (χ2n) is 6.44. The number of hydrogen-bond acceptors (Lipinski definition) is 2. The summed E-state index contributed by atoms with van der Waals surface area (Å²) >= 11 is 0. The fourth-order valence-corrected chi connectivity index (χ4v) is 3.73. The Morgan fingerprint density at radius 3 is 2.62 bits per heavy atom. The Morgan fingerprint density at radius 1 is 1.10 bits per heavy atom. The van der Waals surface area contributed by atoms with Crippen LogP contribution in [0.15, 0.2) is 30.3 Å². The molecule has 0 spiro atoms. The second-order valence-corrected chi connectivity index (χ2v) is 6.44. The van der Waals surface area contributed by atoms with Gasteiger partial charge in [-0.25, -0.2) is 0 Å². The van der Waals surface area contributed by atoms with E-state index in [4.69, 9.17) is 0 Å². The predicted octanol–water partition coefficient (Wildman–Crippen LogP) is 2.75. The summed E-state index contributed by atoms with van der Waals surface area (Å²) in [5.74, 6) is 0.292. The van der Waals surface area contributed by atoms with Crippen LogP contribution < -0.4 is 5.32 Å². The van der Waals surface area contributed by atoms with Gasteiger partial charge in [-0.1, -0.05) is 43.2 Å². The molecule has 21 heavy (non-hydrogen) atoms. The maximum absolute atomic E-state index is 12.5. The number of carbonyl (C=O) groups excluding carboxylic acids is 1. The minimum absolute atomic E-state index is 0.292. The summed E-state index contributed by atoms with van der Waals surface area (Å²) in [6.07, 6.45) is 8.38. The van der Waals surface area contributed by atoms with Crippen LogP contribution in [0.1, 0.15) is 44.1 Å². The number of rotatable bonds is 5. The first-order valence-corrected chi connectivity index (χ1v) is 8.40. The first-order chi connectivity index (χ1) is 10.3. The van der Waals surface area contributed by atoms with Gasteiger partial charge < -0.3 is 10.2 Å². The Bertz CT molecular complexity index is 454. The molecule has 3 rings (SSSR count). The molecule has 3 heteroatoms. The normalized spacial score (nSPS) is 22.9. The number of likely N-dealkylation sites (tertiary alicyclic amines) is 1. The summed E-state index contributed by atoms with van der Waals surface area (Å²) in [5, 5.41) is 3.45. The van der Waals surface area contributed by atoms with Gasteiger partial charge in [-0.2, -0.15) is 0 Å². The van der Waals surface area contributed by atoms with Crippen LogP contribution in [0.25, 0.3) is 0 Å². The third kappa shape index (κ3) is 3.85. The highest BCUT2D eigenvalue weighted by Crippen LogP contribution is 2.22. The summed E-state index contributed by atoms with van der Waals surface area (Å²) in [4.78, 5) is 14.6. The highest BCUT2D eigenvalue weighted by Gasteiger charge is 2.28. The van der Waals surface area contributed by atoms with Gasteiger partial charge in [0.25, 0.3) is 0 Å². The highest BCUT2D eigenvalue weighted by atomic mass is 16.2. The van der Waals surface area contributed by atoms with Crippen molar-refractivity contribution in [3.8, 4) is 0 Å². The summed E-state index contributed by atoms with van der Waals surface area (Å²) in [6.45, 7) is 1.46. The lowest BCUT2D eigenvalue weighted by atomic mass is 10.0. The highest BCUT2D eigenvalue weighted by molar-refractivity contribution is 5.79. The van der Waals surface area contributed by atoms with E-state index in [1.54, 1.807) is 0 Å². The predicted molar refractivity (Wildman–Crippen MR) is 85.1 cm³/mol. The van der Waals surface area contributed by atoms with Crippen LogP contribution in [0.4, 0.5) is 0 Å². The summed E-state index contributed by atoms with van der Waals surface area (Å²) in [6, 6.07) is 11.5. The zero-order valence-electron chi connectivity index (χ0n) is 12.8. The molecule has 1 N–H and O–H groups in total. The van der Waals surface area contributed by atoms with Crippen LogP contribution in [0.2, 0.25) is 0 Å². The van der Waals surface area contributed by atoms with Gasteiger partial charge in [0.05, 0.1) is 6.54 Å². The van der Waals surface area contributed by atoms with Crippen LogP contribution in [0.3, 0.4) is 0 Å². The van der Waals surface area contributed by atoms with Crippen LogP contribution >= 0.6 is 0 Å². The Morgan fingerprint density at radius 2 is 1.86 bits per heavy atom. The Hall–Kier alpha value is -1.35. The van der Waals surface area contributed by atoms with Crippen LogP contribution in [0, 0.1) is 0 Å². The number of nitrogens with zero attached hydrogens (tertiary/aromatic N) is 1. The molecule has 1 unspecified atom stereocenters. The molecule has 114 valence electrons. The van der Waals surface area contributed by atoms with Crippen molar-refractivity contribution in [2.45, 2.75) is 57.0 Å². The average molecular weight is 286 g/mol. The molecule has 1 aliphatic heterocycles. The van der Waals surface area contributed by atoms with E-state index in [-0.39, 0.29) is 0 Å². The maximum Gasteiger partial charge on any atom is 0.236 e. The molecule has 2 fully saturated rings. The smallest absolute Gasteiger partial charge is 0.236 e. The number of benzene rings is 1. The molecule has 1 atom stereocenters. The van der Waals surface area contributed by atoms with Gasteiger partial charge in [-0.05, 0) is 37.7 Å². The van der Waals surface area contributed by atoms with E-state index in [0.717, 1.165) is 25.8 Å². The summed E-state index contributed by atoms with van der Waals surface area (Å²) < 4.78 is 0. The van der Waals surface area contributed by atoms with Crippen molar-refractivity contribution in [3.05, 3.63) is 35.9 Å². The monoisotopic (exact) mass is 286 g/mol. The van der Waals surface area contributed by atoms with Gasteiger partial charge in [-0.15, -0.1) is 0 Å². The van der Waals surface area contributed by atoms with E-state index in [2.05, 4.69) is 34.5 Å². The fraction of sp³-hybridized carbons (Fsp3) is 0.611. The van der Waals surface area contributed by atoms with Crippen molar-refractivity contribution in [1.82, 2.24) is 10.2 Å². The van der Waals surface area contributed by atoms with Crippen molar-refractivity contribution < 1.29 is 4.79 Å². The maximum atomic E-state index is 12.5. The Kier molecular flexibility index (Phi) is 4.91. The SMILES string of the molecule is O=C(CNC1CCCC1)N1CCCC1Cc1ccccc1. The minimum atomic E-state index is 0.292. The molecule has 0 radical (unpaired) electrons. The molecule has 1 aromatic carbocycles. The molecule has 2 aliphatic rings. The van der Waals surface area contributed by atoms with Gasteiger partial charge in [-0.3, -0.25) is 4.79 Å². The summed E-state index contributed by atoms with van der Waals surface area (Å²) in [7, 11) is 0. The minimum Gasteiger partial charge on any atom is -0.338 e. The molecular formula is C18H26N2O. The third-order valence-electron chi connectivity index (χ3n) is 4.91. The van der Waals surface area contributed by atoms with Gasteiger partial charge in [0, 0.05) is 18.6 Å². The van der Waals surface area contributed by atoms with Crippen molar-refractivity contribution >= 4 is 5.91 Å². The quantitative estimate of drug-likeness (QED) is 0.902. The zero-order valence-corrected chi connectivity index (χ0v) is 12.8. The molecule has 0 aromatic heterocycles. The van der Waals surface area contributed by atoms with Gasteiger partial charge in [0.15, 0.2) is 0 Å². The van der Waals surface area contributed by atoms with E-state index >= 15 is 0 Å². The van der Waals surface area contributed by atoms with E-state index < -0.39 is 0 Å². The molecule has 1 heterocycles. The first kappa shape index (κ1) is 14.6. The molecule has 1 amide bonds. The molecule has 1 aromatic rings. The van der Waals surface area contributed by atoms with E-state index in [0.29, 0.717) is 24.5 Å². The van der Waals surface area contributed by atoms with Crippen LogP contribution in [-0.2, 0) is 11.2 Å². The van der Waals surface area contributed by atoms with Crippen LogP contribution in [-0.4, -0.2) is 36.0 Å². The molecule has 1 saturated carbocycles. The van der Waals surface area contributed by atoms with E-state index in [9.17, 15) is 4.79 Å². The van der Waals surface area contributed by atoms with Gasteiger partial charge >= 0.3 is 0 Å². The van der Waals surface area contributed by atoms with Crippen molar-refractivity contribution in [1.29, 1.82) is 0 Å². The van der Waals surface area contributed by atoms with Gasteiger partial charge in [0.1, 0.15) is 0 Å². The lowest BCUT2D eigenvalue weighted by molar-refractivity contribution is -0.131. The van der Waals surface area contributed by atoms with Crippen LogP contribution in [0.5, 0.6) is 0 Å². The molecular weight excluding hydrogens is 260 g/mol. The average Bonchev–Trinajstić information content (AvgIpc) is 3.17. The standard InChI is InChI=1S/C18H26N2O/c21-18(14-19-16-9-4-5-10-16)20-12-6-11-17(20)13-15-7-2-1-3-8-15/h1-3,7-8,16-17,19H,4-6,9-14H2. The number of carbonyl (C=O) groups is 1. The number of amides is 1. The molecule has 1 aliphatic carbocycles. The molecule has 1 saturated heterocycles. The third-order valence-corrected chi connectivity index (χ3v) is 4.91. The lowest BCUT2D eigenvalue weighted by Gasteiger charge is -2.26. The fourth-order valence-electron chi connectivity index (χ4n) is 3.73. The van der Waals surface area contributed by atoms with E-state index in [1.165, 1.54) is 31.2 Å². The lowest BCUT2D eigenvalue weighted by Crippen LogP contribution is -2.43. The molecule has 3 nitrogen and oxygen atoms in total. The van der Waals surface area contributed by atoms with Crippen molar-refractivity contribution in [3.63, 3.8) is 0 Å². The number of nitrogens with one attached hydrogen (secondary N) is 1. The van der Waals surface area contributed by atoms with E-state index in [1.807, 2.05) is 6.07 Å². The first-order valence-electron chi connectivity index (χ1n) is 8.40. The Balaban J connectivity index is 1.52. The largest absolute Gasteiger partial charge is 0.338 e. The van der Waals surface area contributed by atoms with Crippen molar-refractivity contribution in [2.75, 3.05) is 13.1 Å². The zero-order chi connectivity index (χ0) is 14.5. The number of hydrogen-bond donors (Lipinski definition) is 1. The second kappa shape index (κ2) is 7.08. The Labute approximate surface area is 127 Å². The summed E-state index contributed by atoms with van der Waals surface area (Å²) in [5.41, 5.74) is 1.34. The topological polar surface area (TPSA) is 32.3 Å². The van der Waals surface area contributed by atoms with Crippen molar-refractivity contribution in [2.24, 2.45) is 0 Å². The van der Waals surface area contributed by atoms with Gasteiger partial charge in [0.2, 0.25) is 5.91 Å². The molecule has 0 bridgehead atoms.